The molecule has 0 aliphatic rings. The highest BCUT2D eigenvalue weighted by Crippen LogP contribution is 2.08. The lowest BCUT2D eigenvalue weighted by molar-refractivity contribution is 0.612. The number of unbranched alkanes of at least 4 members (excludes halogenated alkanes) is 3. The Morgan fingerprint density at radius 1 is 1.15 bits per heavy atom. The van der Waals surface area contributed by atoms with Gasteiger partial charge in [0.15, 0.2) is 0 Å². The molecular formula is C13H24. The van der Waals surface area contributed by atoms with Crippen LogP contribution in [0.2, 0.25) is 0 Å². The molecule has 0 aliphatic heterocycles. The molecule has 0 N–H and O–H groups in total. The number of rotatable bonds is 8. The molecule has 13 heavy (non-hydrogen) atoms. The molecule has 0 aromatic carbocycles. The predicted molar refractivity (Wildman–Crippen MR) is 61.9 cm³/mol. The van der Waals surface area contributed by atoms with Gasteiger partial charge in [0.1, 0.15) is 0 Å². The van der Waals surface area contributed by atoms with E-state index in [-0.39, 0.29) is 0 Å². The summed E-state index contributed by atoms with van der Waals surface area (Å²) in [6, 6.07) is 0. The van der Waals surface area contributed by atoms with Crippen molar-refractivity contribution >= 4 is 0 Å². The van der Waals surface area contributed by atoms with Gasteiger partial charge in [0.05, 0.1) is 0 Å². The smallest absolute Gasteiger partial charge is 0.0265 e. The van der Waals surface area contributed by atoms with Crippen molar-refractivity contribution in [1.82, 2.24) is 0 Å². The molecule has 0 aromatic heterocycles. The van der Waals surface area contributed by atoms with Crippen LogP contribution in [0.4, 0.5) is 0 Å². The largest absolute Gasteiger partial charge is 0.103 e. The van der Waals surface area contributed by atoms with E-state index >= 15 is 0 Å². The summed E-state index contributed by atoms with van der Waals surface area (Å²) < 4.78 is 0. The molecule has 1 unspecified atom stereocenters. The highest BCUT2D eigenvalue weighted by Gasteiger charge is 1.93. The van der Waals surface area contributed by atoms with Gasteiger partial charge in [-0.2, -0.15) is 0 Å². The van der Waals surface area contributed by atoms with Crippen molar-refractivity contribution in [2.45, 2.75) is 52.4 Å². The molecule has 0 radical (unpaired) electrons. The lowest BCUT2D eigenvalue weighted by Crippen LogP contribution is -1.87. The number of hydrogen-bond donors (Lipinski definition) is 0. The van der Waals surface area contributed by atoms with Crippen molar-refractivity contribution < 1.29 is 0 Å². The molecule has 0 aromatic rings. The van der Waals surface area contributed by atoms with Gasteiger partial charge in [-0.25, -0.2) is 0 Å². The first kappa shape index (κ1) is 12.5. The first-order valence-electron chi connectivity index (χ1n) is 5.58. The monoisotopic (exact) mass is 180 g/mol. The number of allylic oxidation sites excluding steroid dienone is 3. The fourth-order valence-electron chi connectivity index (χ4n) is 1.23. The van der Waals surface area contributed by atoms with E-state index in [1.807, 2.05) is 6.08 Å². The van der Waals surface area contributed by atoms with E-state index in [9.17, 15) is 0 Å². The Kier molecular flexibility index (Phi) is 9.18. The first-order chi connectivity index (χ1) is 6.31. The van der Waals surface area contributed by atoms with E-state index < -0.39 is 0 Å². The van der Waals surface area contributed by atoms with Gasteiger partial charge >= 0.3 is 0 Å². The SMILES string of the molecule is C=CC(C)CCCC=CCCCC. The van der Waals surface area contributed by atoms with Crippen molar-refractivity contribution in [3.05, 3.63) is 24.8 Å². The molecule has 76 valence electrons. The van der Waals surface area contributed by atoms with E-state index in [4.69, 9.17) is 0 Å². The zero-order chi connectivity index (χ0) is 9.94. The van der Waals surface area contributed by atoms with Gasteiger partial charge in [-0.05, 0) is 31.6 Å². The normalized spacial score (nSPS) is 13.4. The second-order valence-electron chi connectivity index (χ2n) is 3.76. The van der Waals surface area contributed by atoms with Crippen LogP contribution in [0, 0.1) is 5.92 Å². The maximum absolute atomic E-state index is 3.78. The molecule has 0 bridgehead atoms. The van der Waals surface area contributed by atoms with Crippen molar-refractivity contribution in [1.29, 1.82) is 0 Å². The molecule has 0 spiro atoms. The molecule has 0 amide bonds. The second-order valence-corrected chi connectivity index (χ2v) is 3.76. The molecule has 0 fully saturated rings. The van der Waals surface area contributed by atoms with Crippen LogP contribution in [0.15, 0.2) is 24.8 Å². The summed E-state index contributed by atoms with van der Waals surface area (Å²) in [4.78, 5) is 0. The lowest BCUT2D eigenvalue weighted by atomic mass is 10.0. The molecule has 0 aliphatic carbocycles. The maximum Gasteiger partial charge on any atom is -0.0265 e. The third kappa shape index (κ3) is 9.39. The highest BCUT2D eigenvalue weighted by molar-refractivity contribution is 4.82. The van der Waals surface area contributed by atoms with Crippen LogP contribution in [-0.4, -0.2) is 0 Å². The zero-order valence-corrected chi connectivity index (χ0v) is 9.26. The maximum atomic E-state index is 3.78. The molecule has 0 saturated carbocycles. The summed E-state index contributed by atoms with van der Waals surface area (Å²) in [5.74, 6) is 0.684. The van der Waals surface area contributed by atoms with Crippen LogP contribution in [0.3, 0.4) is 0 Å². The summed E-state index contributed by atoms with van der Waals surface area (Å²) in [5.41, 5.74) is 0. The van der Waals surface area contributed by atoms with E-state index in [1.165, 1.54) is 38.5 Å². The van der Waals surface area contributed by atoms with Crippen molar-refractivity contribution in [2.75, 3.05) is 0 Å². The van der Waals surface area contributed by atoms with E-state index in [2.05, 4.69) is 32.6 Å². The quantitative estimate of drug-likeness (QED) is 0.374. The summed E-state index contributed by atoms with van der Waals surface area (Å²) in [7, 11) is 0. The van der Waals surface area contributed by atoms with E-state index in [0.29, 0.717) is 5.92 Å². The van der Waals surface area contributed by atoms with Gasteiger partial charge in [-0.15, -0.1) is 6.58 Å². The van der Waals surface area contributed by atoms with Crippen molar-refractivity contribution in [2.24, 2.45) is 5.92 Å². The fourth-order valence-corrected chi connectivity index (χ4v) is 1.23. The minimum atomic E-state index is 0.684. The first-order valence-corrected chi connectivity index (χ1v) is 5.58. The summed E-state index contributed by atoms with van der Waals surface area (Å²) in [6.45, 7) is 8.25. The standard InChI is InChI=1S/C13H24/c1-4-6-7-8-9-10-11-12-13(3)5-2/h5,8-9,13H,2,4,6-7,10-12H2,1,3H3. The van der Waals surface area contributed by atoms with E-state index in [1.54, 1.807) is 0 Å². The Morgan fingerprint density at radius 2 is 1.77 bits per heavy atom. The van der Waals surface area contributed by atoms with Crippen molar-refractivity contribution in [3.63, 3.8) is 0 Å². The molecular weight excluding hydrogens is 156 g/mol. The van der Waals surface area contributed by atoms with Gasteiger partial charge in [0.25, 0.3) is 0 Å². The predicted octanol–water partition coefficient (Wildman–Crippen LogP) is 4.73. The minimum Gasteiger partial charge on any atom is -0.103 e. The van der Waals surface area contributed by atoms with Gasteiger partial charge < -0.3 is 0 Å². The van der Waals surface area contributed by atoms with Crippen LogP contribution in [0.1, 0.15) is 52.4 Å². The van der Waals surface area contributed by atoms with Gasteiger partial charge in [0, 0.05) is 0 Å². The molecule has 0 heterocycles. The summed E-state index contributed by atoms with van der Waals surface area (Å²) in [6.07, 6.45) is 14.4. The topological polar surface area (TPSA) is 0 Å². The highest BCUT2D eigenvalue weighted by atomic mass is 14.0. The summed E-state index contributed by atoms with van der Waals surface area (Å²) >= 11 is 0. The number of hydrogen-bond acceptors (Lipinski definition) is 0. The third-order valence-electron chi connectivity index (χ3n) is 2.32. The van der Waals surface area contributed by atoms with Crippen LogP contribution in [-0.2, 0) is 0 Å². The Labute approximate surface area is 83.7 Å². The average molecular weight is 180 g/mol. The average Bonchev–Trinajstić information content (AvgIpc) is 2.16. The van der Waals surface area contributed by atoms with Crippen LogP contribution >= 0.6 is 0 Å². The Hall–Kier alpha value is -0.520. The van der Waals surface area contributed by atoms with Gasteiger partial charge in [-0.3, -0.25) is 0 Å². The van der Waals surface area contributed by atoms with E-state index in [0.717, 1.165) is 0 Å². The zero-order valence-electron chi connectivity index (χ0n) is 9.26. The Morgan fingerprint density at radius 3 is 2.31 bits per heavy atom. The minimum absolute atomic E-state index is 0.684. The van der Waals surface area contributed by atoms with Gasteiger partial charge in [0.2, 0.25) is 0 Å². The molecule has 0 nitrogen and oxygen atoms in total. The molecule has 0 heteroatoms. The summed E-state index contributed by atoms with van der Waals surface area (Å²) in [5, 5.41) is 0. The van der Waals surface area contributed by atoms with Crippen LogP contribution in [0.25, 0.3) is 0 Å². The molecule has 0 rings (SSSR count). The van der Waals surface area contributed by atoms with Gasteiger partial charge in [-0.1, -0.05) is 44.9 Å². The van der Waals surface area contributed by atoms with Crippen molar-refractivity contribution in [3.8, 4) is 0 Å². The molecule has 0 saturated heterocycles. The Bertz CT molecular complexity index is 133. The van der Waals surface area contributed by atoms with Crippen LogP contribution in [0.5, 0.6) is 0 Å². The van der Waals surface area contributed by atoms with Crippen LogP contribution < -0.4 is 0 Å². The lowest BCUT2D eigenvalue weighted by Gasteiger charge is -2.02. The second kappa shape index (κ2) is 9.57. The Balaban J connectivity index is 3.15. The molecule has 1 atom stereocenters. The fraction of sp³-hybridized carbons (Fsp3) is 0.692. The third-order valence-corrected chi connectivity index (χ3v) is 2.32.